The Balaban J connectivity index is 1.86. The van der Waals surface area contributed by atoms with Gasteiger partial charge in [-0.2, -0.15) is 11.8 Å². The third-order valence-electron chi connectivity index (χ3n) is 4.86. The molecule has 2 aromatic rings. The van der Waals surface area contributed by atoms with Gasteiger partial charge in [0.15, 0.2) is 0 Å². The van der Waals surface area contributed by atoms with Crippen LogP contribution in [0.4, 0.5) is 0 Å². The minimum atomic E-state index is -0.0766. The van der Waals surface area contributed by atoms with Crippen LogP contribution in [0.2, 0.25) is 0 Å². The zero-order chi connectivity index (χ0) is 17.1. The second-order valence-electron chi connectivity index (χ2n) is 6.50. The first kappa shape index (κ1) is 17.1. The molecular weight excluding hydrogens is 322 g/mol. The van der Waals surface area contributed by atoms with Gasteiger partial charge in [0.1, 0.15) is 0 Å². The van der Waals surface area contributed by atoms with Gasteiger partial charge in [0.05, 0.1) is 11.0 Å². The second-order valence-corrected chi connectivity index (χ2v) is 7.42. The van der Waals surface area contributed by atoms with Crippen LogP contribution in [-0.2, 0) is 0 Å². The number of fused-ring (bicyclic) bond motifs is 1. The fourth-order valence-corrected chi connectivity index (χ4v) is 4.25. The maximum absolute atomic E-state index is 12.5. The molecule has 2 N–H and O–H groups in total. The number of nitrogens with one attached hydrogen (secondary N) is 2. The molecule has 0 saturated heterocycles. The zero-order valence-electron chi connectivity index (χ0n) is 14.3. The van der Waals surface area contributed by atoms with Gasteiger partial charge in [-0.25, -0.2) is 4.79 Å². The van der Waals surface area contributed by atoms with E-state index in [-0.39, 0.29) is 23.7 Å². The smallest absolute Gasteiger partial charge is 0.326 e. The SMILES string of the molecule is CC[C@@H](CSC)NC(=O)c1ccc2c(c1)[nH]c(=O)n2C1CCCC1. The summed E-state index contributed by atoms with van der Waals surface area (Å²) in [7, 11) is 0. The highest BCUT2D eigenvalue weighted by Crippen LogP contribution is 2.30. The Morgan fingerprint density at radius 1 is 1.42 bits per heavy atom. The van der Waals surface area contributed by atoms with Crippen molar-refractivity contribution in [3.63, 3.8) is 0 Å². The Bertz CT molecular complexity index is 774. The molecule has 1 heterocycles. The van der Waals surface area contributed by atoms with Gasteiger partial charge in [0.25, 0.3) is 5.91 Å². The van der Waals surface area contributed by atoms with Crippen molar-refractivity contribution in [3.05, 3.63) is 34.2 Å². The summed E-state index contributed by atoms with van der Waals surface area (Å²) in [4.78, 5) is 27.7. The first-order chi connectivity index (χ1) is 11.6. The molecule has 5 nitrogen and oxygen atoms in total. The van der Waals surface area contributed by atoms with E-state index in [1.54, 1.807) is 17.8 Å². The number of aromatic amines is 1. The normalized spacial score (nSPS) is 16.6. The van der Waals surface area contributed by atoms with Crippen molar-refractivity contribution in [2.45, 2.75) is 51.1 Å². The van der Waals surface area contributed by atoms with Gasteiger partial charge in [0.2, 0.25) is 0 Å². The number of thioether (sulfide) groups is 1. The van der Waals surface area contributed by atoms with Crippen LogP contribution < -0.4 is 11.0 Å². The molecule has 0 aliphatic heterocycles. The van der Waals surface area contributed by atoms with Crippen molar-refractivity contribution >= 4 is 28.7 Å². The number of nitrogens with zero attached hydrogens (tertiary/aromatic N) is 1. The molecule has 1 saturated carbocycles. The minimum absolute atomic E-state index is 0.0664. The van der Waals surface area contributed by atoms with Gasteiger partial charge in [-0.3, -0.25) is 9.36 Å². The quantitative estimate of drug-likeness (QED) is 0.842. The lowest BCUT2D eigenvalue weighted by Gasteiger charge is -2.16. The van der Waals surface area contributed by atoms with Crippen LogP contribution in [0.5, 0.6) is 0 Å². The molecule has 0 spiro atoms. The van der Waals surface area contributed by atoms with Crippen molar-refractivity contribution in [1.29, 1.82) is 0 Å². The van der Waals surface area contributed by atoms with E-state index in [9.17, 15) is 9.59 Å². The summed E-state index contributed by atoms with van der Waals surface area (Å²) in [5.74, 6) is 0.826. The molecule has 24 heavy (non-hydrogen) atoms. The number of hydrogen-bond acceptors (Lipinski definition) is 3. The monoisotopic (exact) mass is 347 g/mol. The molecule has 1 aliphatic carbocycles. The van der Waals surface area contributed by atoms with E-state index in [1.807, 2.05) is 23.0 Å². The second kappa shape index (κ2) is 7.47. The molecule has 130 valence electrons. The van der Waals surface area contributed by atoms with E-state index in [0.717, 1.165) is 36.0 Å². The molecule has 1 aromatic heterocycles. The Morgan fingerprint density at radius 3 is 2.83 bits per heavy atom. The number of carbonyl (C=O) groups is 1. The van der Waals surface area contributed by atoms with Crippen LogP contribution in [0.15, 0.2) is 23.0 Å². The molecule has 1 fully saturated rings. The van der Waals surface area contributed by atoms with Crippen molar-refractivity contribution in [2.24, 2.45) is 0 Å². The molecule has 6 heteroatoms. The summed E-state index contributed by atoms with van der Waals surface area (Å²) in [6.07, 6.45) is 7.42. The van der Waals surface area contributed by atoms with Crippen LogP contribution in [0.3, 0.4) is 0 Å². The van der Waals surface area contributed by atoms with Crippen molar-refractivity contribution < 1.29 is 4.79 Å². The van der Waals surface area contributed by atoms with E-state index in [0.29, 0.717) is 5.56 Å². The molecule has 1 aliphatic rings. The maximum Gasteiger partial charge on any atom is 0.326 e. The number of hydrogen-bond donors (Lipinski definition) is 2. The Kier molecular flexibility index (Phi) is 5.33. The average molecular weight is 347 g/mol. The first-order valence-corrected chi connectivity index (χ1v) is 10.1. The van der Waals surface area contributed by atoms with Crippen LogP contribution in [0.1, 0.15) is 55.4 Å². The number of aromatic nitrogens is 2. The van der Waals surface area contributed by atoms with Gasteiger partial charge >= 0.3 is 5.69 Å². The minimum Gasteiger partial charge on any atom is -0.348 e. The fraction of sp³-hybridized carbons (Fsp3) is 0.556. The van der Waals surface area contributed by atoms with Crippen LogP contribution in [0.25, 0.3) is 11.0 Å². The summed E-state index contributed by atoms with van der Waals surface area (Å²) in [6.45, 7) is 2.07. The molecule has 0 bridgehead atoms. The third kappa shape index (κ3) is 3.38. The highest BCUT2D eigenvalue weighted by Gasteiger charge is 2.21. The summed E-state index contributed by atoms with van der Waals surface area (Å²) in [5.41, 5.74) is 2.18. The summed E-state index contributed by atoms with van der Waals surface area (Å²) >= 11 is 1.73. The van der Waals surface area contributed by atoms with Gasteiger partial charge in [0, 0.05) is 23.4 Å². The van der Waals surface area contributed by atoms with Crippen LogP contribution in [-0.4, -0.2) is 33.5 Å². The predicted molar refractivity (Wildman–Crippen MR) is 100.0 cm³/mol. The van der Waals surface area contributed by atoms with Crippen molar-refractivity contribution in [2.75, 3.05) is 12.0 Å². The van der Waals surface area contributed by atoms with E-state index >= 15 is 0 Å². The molecule has 1 atom stereocenters. The molecule has 0 radical (unpaired) electrons. The molecular formula is C18H25N3O2S. The molecule has 1 aromatic carbocycles. The lowest BCUT2D eigenvalue weighted by molar-refractivity contribution is 0.0940. The van der Waals surface area contributed by atoms with E-state index < -0.39 is 0 Å². The van der Waals surface area contributed by atoms with Gasteiger partial charge in [-0.15, -0.1) is 0 Å². The Hall–Kier alpha value is -1.69. The Labute approximate surface area is 146 Å². The number of carbonyl (C=O) groups excluding carboxylic acids is 1. The van der Waals surface area contributed by atoms with Gasteiger partial charge < -0.3 is 10.3 Å². The van der Waals surface area contributed by atoms with E-state index in [1.165, 1.54) is 12.8 Å². The number of amides is 1. The van der Waals surface area contributed by atoms with Gasteiger partial charge in [-0.1, -0.05) is 19.8 Å². The van der Waals surface area contributed by atoms with Gasteiger partial charge in [-0.05, 0) is 43.7 Å². The number of H-pyrrole nitrogens is 1. The lowest BCUT2D eigenvalue weighted by atomic mass is 10.1. The fourth-order valence-electron chi connectivity index (χ4n) is 3.53. The third-order valence-corrected chi connectivity index (χ3v) is 5.60. The molecule has 1 amide bonds. The zero-order valence-corrected chi connectivity index (χ0v) is 15.1. The lowest BCUT2D eigenvalue weighted by Crippen LogP contribution is -2.36. The van der Waals surface area contributed by atoms with Crippen molar-refractivity contribution in [3.8, 4) is 0 Å². The molecule has 3 rings (SSSR count). The summed E-state index contributed by atoms with van der Waals surface area (Å²) in [6, 6.07) is 5.98. The van der Waals surface area contributed by atoms with Crippen LogP contribution in [0, 0.1) is 0 Å². The number of imidazole rings is 1. The maximum atomic E-state index is 12.5. The average Bonchev–Trinajstić information content (AvgIpc) is 3.19. The largest absolute Gasteiger partial charge is 0.348 e. The predicted octanol–water partition coefficient (Wildman–Crippen LogP) is 3.32. The van der Waals surface area contributed by atoms with E-state index in [4.69, 9.17) is 0 Å². The number of benzene rings is 1. The number of rotatable bonds is 6. The summed E-state index contributed by atoms with van der Waals surface area (Å²) in [5, 5.41) is 3.07. The highest BCUT2D eigenvalue weighted by atomic mass is 32.2. The van der Waals surface area contributed by atoms with Crippen LogP contribution >= 0.6 is 11.8 Å². The standard InChI is InChI=1S/C18H25N3O2S/c1-3-13(11-24-2)19-17(22)12-8-9-16-15(10-12)20-18(23)21(16)14-6-4-5-7-14/h8-10,13-14H,3-7,11H2,1-2H3,(H,19,22)(H,20,23)/t13-/m0/s1. The Morgan fingerprint density at radius 2 is 2.17 bits per heavy atom. The highest BCUT2D eigenvalue weighted by molar-refractivity contribution is 7.98. The van der Waals surface area contributed by atoms with Crippen molar-refractivity contribution in [1.82, 2.24) is 14.9 Å². The topological polar surface area (TPSA) is 66.9 Å². The first-order valence-electron chi connectivity index (χ1n) is 8.68. The summed E-state index contributed by atoms with van der Waals surface area (Å²) < 4.78 is 1.87. The molecule has 0 unspecified atom stereocenters. The van der Waals surface area contributed by atoms with E-state index in [2.05, 4.69) is 17.2 Å².